The van der Waals surface area contributed by atoms with Crippen LogP contribution in [0.3, 0.4) is 0 Å². The zero-order valence-corrected chi connectivity index (χ0v) is 11.6. The number of hydrogen-bond acceptors (Lipinski definition) is 4. The average molecular weight is 285 g/mol. The fourth-order valence-electron chi connectivity index (χ4n) is 1.47. The summed E-state index contributed by atoms with van der Waals surface area (Å²) in [5.74, 6) is -0.590. The molecule has 0 aliphatic heterocycles. The highest BCUT2D eigenvalue weighted by molar-refractivity contribution is 7.98. The Morgan fingerprint density at radius 2 is 2.00 bits per heavy atom. The summed E-state index contributed by atoms with van der Waals surface area (Å²) in [4.78, 5) is 23.4. The lowest BCUT2D eigenvalue weighted by Gasteiger charge is -2.16. The SMILES string of the molecule is COC(=O)[C@H](CCSC)NC(=O)c1ccc(F)cc1. The van der Waals surface area contributed by atoms with E-state index in [1.807, 2.05) is 6.26 Å². The summed E-state index contributed by atoms with van der Waals surface area (Å²) in [6.07, 6.45) is 2.40. The molecule has 0 fully saturated rings. The molecule has 6 heteroatoms. The summed E-state index contributed by atoms with van der Waals surface area (Å²) in [6.45, 7) is 0. The van der Waals surface area contributed by atoms with Gasteiger partial charge in [-0.15, -0.1) is 0 Å². The molecule has 4 nitrogen and oxygen atoms in total. The predicted octanol–water partition coefficient (Wildman–Crippen LogP) is 1.85. The molecule has 1 rings (SSSR count). The summed E-state index contributed by atoms with van der Waals surface area (Å²) >= 11 is 1.57. The highest BCUT2D eigenvalue weighted by atomic mass is 32.2. The molecule has 0 bridgehead atoms. The van der Waals surface area contributed by atoms with E-state index in [1.54, 1.807) is 11.8 Å². The summed E-state index contributed by atoms with van der Waals surface area (Å²) in [5, 5.41) is 2.59. The van der Waals surface area contributed by atoms with Gasteiger partial charge in [0.25, 0.3) is 5.91 Å². The van der Waals surface area contributed by atoms with Crippen LogP contribution in [0.4, 0.5) is 4.39 Å². The van der Waals surface area contributed by atoms with E-state index < -0.39 is 23.7 Å². The van der Waals surface area contributed by atoms with Gasteiger partial charge in [0.05, 0.1) is 7.11 Å². The molecule has 0 unspecified atom stereocenters. The van der Waals surface area contributed by atoms with Crippen molar-refractivity contribution in [2.45, 2.75) is 12.5 Å². The van der Waals surface area contributed by atoms with Gasteiger partial charge in [0, 0.05) is 5.56 Å². The van der Waals surface area contributed by atoms with E-state index in [0.717, 1.165) is 5.75 Å². The molecule has 0 saturated heterocycles. The van der Waals surface area contributed by atoms with Gasteiger partial charge >= 0.3 is 5.97 Å². The van der Waals surface area contributed by atoms with Crippen molar-refractivity contribution < 1.29 is 18.7 Å². The van der Waals surface area contributed by atoms with Crippen LogP contribution < -0.4 is 5.32 Å². The minimum atomic E-state index is -0.685. The van der Waals surface area contributed by atoms with E-state index in [4.69, 9.17) is 0 Å². The monoisotopic (exact) mass is 285 g/mol. The van der Waals surface area contributed by atoms with Crippen molar-refractivity contribution in [1.82, 2.24) is 5.32 Å². The summed E-state index contributed by atoms with van der Waals surface area (Å²) in [7, 11) is 1.28. The topological polar surface area (TPSA) is 55.4 Å². The first-order valence-electron chi connectivity index (χ1n) is 5.71. The molecule has 0 saturated carbocycles. The molecular formula is C13H16FNO3S. The quantitative estimate of drug-likeness (QED) is 0.810. The smallest absolute Gasteiger partial charge is 0.328 e. The summed E-state index contributed by atoms with van der Waals surface area (Å²) in [6, 6.07) is 4.45. The molecule has 0 aliphatic rings. The standard InChI is InChI=1S/C13H16FNO3S/c1-18-13(17)11(7-8-19-2)15-12(16)9-3-5-10(14)6-4-9/h3-6,11H,7-8H2,1-2H3,(H,15,16)/t11-/m0/s1. The maximum atomic E-state index is 12.8. The minimum Gasteiger partial charge on any atom is -0.467 e. The Morgan fingerprint density at radius 3 is 2.53 bits per heavy atom. The number of ether oxygens (including phenoxy) is 1. The third kappa shape index (κ3) is 4.90. The number of halogens is 1. The lowest BCUT2D eigenvalue weighted by molar-refractivity contribution is -0.142. The van der Waals surface area contributed by atoms with E-state index in [0.29, 0.717) is 12.0 Å². The first-order chi connectivity index (χ1) is 9.08. The van der Waals surface area contributed by atoms with E-state index in [2.05, 4.69) is 10.1 Å². The van der Waals surface area contributed by atoms with Gasteiger partial charge in [-0.1, -0.05) is 0 Å². The highest BCUT2D eigenvalue weighted by Gasteiger charge is 2.21. The molecule has 1 atom stereocenters. The summed E-state index contributed by atoms with van der Waals surface area (Å²) < 4.78 is 17.4. The number of hydrogen-bond donors (Lipinski definition) is 1. The molecular weight excluding hydrogens is 269 g/mol. The Kier molecular flexibility index (Phi) is 6.35. The number of amides is 1. The number of methoxy groups -OCH3 is 1. The van der Waals surface area contributed by atoms with Crippen molar-refractivity contribution in [2.75, 3.05) is 19.1 Å². The number of nitrogens with one attached hydrogen (secondary N) is 1. The van der Waals surface area contributed by atoms with Gasteiger partial charge in [-0.25, -0.2) is 9.18 Å². The molecule has 0 aliphatic carbocycles. The lowest BCUT2D eigenvalue weighted by atomic mass is 10.1. The van der Waals surface area contributed by atoms with Gasteiger partial charge in [0.15, 0.2) is 0 Å². The van der Waals surface area contributed by atoms with E-state index >= 15 is 0 Å². The van der Waals surface area contributed by atoms with Crippen molar-refractivity contribution >= 4 is 23.6 Å². The molecule has 19 heavy (non-hydrogen) atoms. The number of esters is 1. The van der Waals surface area contributed by atoms with Crippen LogP contribution in [0, 0.1) is 5.82 Å². The van der Waals surface area contributed by atoms with Crippen LogP contribution >= 0.6 is 11.8 Å². The molecule has 104 valence electrons. The Balaban J connectivity index is 2.69. The van der Waals surface area contributed by atoms with Crippen LogP contribution in [0.1, 0.15) is 16.8 Å². The average Bonchev–Trinajstić information content (AvgIpc) is 2.43. The van der Waals surface area contributed by atoms with Crippen molar-refractivity contribution in [1.29, 1.82) is 0 Å². The van der Waals surface area contributed by atoms with Crippen LogP contribution in [-0.2, 0) is 9.53 Å². The van der Waals surface area contributed by atoms with Crippen molar-refractivity contribution in [2.24, 2.45) is 0 Å². The zero-order chi connectivity index (χ0) is 14.3. The van der Waals surface area contributed by atoms with E-state index in [-0.39, 0.29) is 0 Å². The Bertz CT molecular complexity index is 436. The molecule has 0 spiro atoms. The van der Waals surface area contributed by atoms with Crippen molar-refractivity contribution in [3.8, 4) is 0 Å². The van der Waals surface area contributed by atoms with Crippen LogP contribution in [0.5, 0.6) is 0 Å². The number of benzene rings is 1. The van der Waals surface area contributed by atoms with E-state index in [1.165, 1.54) is 31.4 Å². The number of carbonyl (C=O) groups excluding carboxylic acids is 2. The van der Waals surface area contributed by atoms with Gasteiger partial charge in [-0.3, -0.25) is 4.79 Å². The first-order valence-corrected chi connectivity index (χ1v) is 7.11. The molecule has 0 aromatic heterocycles. The maximum Gasteiger partial charge on any atom is 0.328 e. The van der Waals surface area contributed by atoms with Gasteiger partial charge in [0.2, 0.25) is 0 Å². The molecule has 0 radical (unpaired) electrons. The summed E-state index contributed by atoms with van der Waals surface area (Å²) in [5.41, 5.74) is 0.305. The van der Waals surface area contributed by atoms with Crippen molar-refractivity contribution in [3.63, 3.8) is 0 Å². The Hall–Kier alpha value is -1.56. The second kappa shape index (κ2) is 7.78. The Labute approximate surface area is 115 Å². The fourth-order valence-corrected chi connectivity index (χ4v) is 1.94. The largest absolute Gasteiger partial charge is 0.467 e. The van der Waals surface area contributed by atoms with Crippen LogP contribution in [0.2, 0.25) is 0 Å². The number of thioether (sulfide) groups is 1. The second-order valence-corrected chi connectivity index (χ2v) is 4.82. The normalized spacial score (nSPS) is 11.7. The zero-order valence-electron chi connectivity index (χ0n) is 10.8. The fraction of sp³-hybridized carbons (Fsp3) is 0.385. The van der Waals surface area contributed by atoms with Crippen LogP contribution in [0.15, 0.2) is 24.3 Å². The molecule has 1 aromatic carbocycles. The van der Waals surface area contributed by atoms with Gasteiger partial charge < -0.3 is 10.1 Å². The molecule has 0 heterocycles. The maximum absolute atomic E-state index is 12.8. The third-order valence-electron chi connectivity index (χ3n) is 2.51. The number of carbonyl (C=O) groups is 2. The molecule has 1 N–H and O–H groups in total. The number of rotatable bonds is 6. The Morgan fingerprint density at radius 1 is 1.37 bits per heavy atom. The second-order valence-electron chi connectivity index (χ2n) is 3.84. The minimum absolute atomic E-state index is 0.305. The van der Waals surface area contributed by atoms with Gasteiger partial charge in [-0.2, -0.15) is 11.8 Å². The van der Waals surface area contributed by atoms with Gasteiger partial charge in [0.1, 0.15) is 11.9 Å². The van der Waals surface area contributed by atoms with Crippen LogP contribution in [-0.4, -0.2) is 37.0 Å². The highest BCUT2D eigenvalue weighted by Crippen LogP contribution is 2.06. The van der Waals surface area contributed by atoms with Crippen LogP contribution in [0.25, 0.3) is 0 Å². The van der Waals surface area contributed by atoms with Gasteiger partial charge in [-0.05, 0) is 42.7 Å². The van der Waals surface area contributed by atoms with Crippen molar-refractivity contribution in [3.05, 3.63) is 35.6 Å². The first kappa shape index (κ1) is 15.5. The lowest BCUT2D eigenvalue weighted by Crippen LogP contribution is -2.41. The molecule has 1 aromatic rings. The predicted molar refractivity (Wildman–Crippen MR) is 72.7 cm³/mol. The molecule has 1 amide bonds. The third-order valence-corrected chi connectivity index (χ3v) is 3.15. The van der Waals surface area contributed by atoms with E-state index in [9.17, 15) is 14.0 Å².